The second kappa shape index (κ2) is 5.25. The van der Waals surface area contributed by atoms with Crippen LogP contribution >= 0.6 is 0 Å². The van der Waals surface area contributed by atoms with E-state index in [1.807, 2.05) is 0 Å². The van der Waals surface area contributed by atoms with Gasteiger partial charge >= 0.3 is 0 Å². The van der Waals surface area contributed by atoms with Gasteiger partial charge < -0.3 is 10.5 Å². The molecule has 0 aromatic carbocycles. The van der Waals surface area contributed by atoms with Crippen molar-refractivity contribution in [2.45, 2.75) is 63.1 Å². The average molecular weight is 238 g/mol. The molecule has 1 aliphatic carbocycles. The first-order valence-corrected chi connectivity index (χ1v) is 7.42. The summed E-state index contributed by atoms with van der Waals surface area (Å²) in [5, 5.41) is 0. The van der Waals surface area contributed by atoms with Crippen molar-refractivity contribution in [3.8, 4) is 0 Å². The molecule has 1 saturated carbocycles. The molecule has 17 heavy (non-hydrogen) atoms. The average Bonchev–Trinajstić information content (AvgIpc) is 3.07. The molecule has 2 N–H and O–H groups in total. The summed E-state index contributed by atoms with van der Waals surface area (Å²) in [6, 6.07) is 2.04. The number of nitrogens with zero attached hydrogens (tertiary/aromatic N) is 1. The van der Waals surface area contributed by atoms with E-state index in [4.69, 9.17) is 10.5 Å². The lowest BCUT2D eigenvalue weighted by Gasteiger charge is -2.37. The van der Waals surface area contributed by atoms with Crippen molar-refractivity contribution in [3.05, 3.63) is 0 Å². The highest BCUT2D eigenvalue weighted by atomic mass is 16.5. The number of hydrogen-bond donors (Lipinski definition) is 1. The zero-order valence-corrected chi connectivity index (χ0v) is 10.8. The lowest BCUT2D eigenvalue weighted by Crippen LogP contribution is -2.47. The Morgan fingerprint density at radius 1 is 1.06 bits per heavy atom. The minimum absolute atomic E-state index is 0.467. The Hall–Kier alpha value is -0.120. The number of ether oxygens (including phenoxy) is 1. The minimum Gasteiger partial charge on any atom is -0.381 e. The first kappa shape index (κ1) is 11.9. The highest BCUT2D eigenvalue weighted by molar-refractivity contribution is 4.96. The number of fused-ring (bicyclic) bond motifs is 2. The Morgan fingerprint density at radius 2 is 1.76 bits per heavy atom. The van der Waals surface area contributed by atoms with Crippen molar-refractivity contribution in [2.75, 3.05) is 19.8 Å². The predicted molar refractivity (Wildman–Crippen MR) is 68.9 cm³/mol. The maximum Gasteiger partial charge on any atom is 0.0494 e. The highest BCUT2D eigenvalue weighted by Crippen LogP contribution is 2.35. The fraction of sp³-hybridized carbons (Fsp3) is 1.00. The SMILES string of the molecule is NC1CC2CCC(C1)N2CCCOCC1CC1. The molecule has 98 valence electrons. The molecule has 2 unspecified atom stereocenters. The van der Waals surface area contributed by atoms with Crippen LogP contribution < -0.4 is 5.73 Å². The van der Waals surface area contributed by atoms with Crippen molar-refractivity contribution in [2.24, 2.45) is 11.7 Å². The van der Waals surface area contributed by atoms with Crippen LogP contribution in [0.2, 0.25) is 0 Å². The van der Waals surface area contributed by atoms with Crippen LogP contribution in [0.4, 0.5) is 0 Å². The monoisotopic (exact) mass is 238 g/mol. The normalized spacial score (nSPS) is 37.6. The molecule has 2 bridgehead atoms. The van der Waals surface area contributed by atoms with Crippen LogP contribution in [-0.4, -0.2) is 42.8 Å². The third-order valence-electron chi connectivity index (χ3n) is 4.68. The summed E-state index contributed by atoms with van der Waals surface area (Å²) in [7, 11) is 0. The van der Waals surface area contributed by atoms with E-state index in [1.165, 1.54) is 51.5 Å². The zero-order valence-electron chi connectivity index (χ0n) is 10.8. The van der Waals surface area contributed by atoms with E-state index in [2.05, 4.69) is 4.90 Å². The summed E-state index contributed by atoms with van der Waals surface area (Å²) in [5.41, 5.74) is 6.08. The van der Waals surface area contributed by atoms with Crippen molar-refractivity contribution >= 4 is 0 Å². The van der Waals surface area contributed by atoms with E-state index < -0.39 is 0 Å². The smallest absolute Gasteiger partial charge is 0.0494 e. The van der Waals surface area contributed by atoms with Gasteiger partial charge in [-0.1, -0.05) is 0 Å². The molecule has 0 aromatic heterocycles. The van der Waals surface area contributed by atoms with Crippen LogP contribution in [0.3, 0.4) is 0 Å². The molecule has 0 amide bonds. The molecule has 3 nitrogen and oxygen atoms in total. The Bertz CT molecular complexity index is 241. The third-order valence-corrected chi connectivity index (χ3v) is 4.68. The van der Waals surface area contributed by atoms with E-state index in [0.717, 1.165) is 31.2 Å². The van der Waals surface area contributed by atoms with Crippen LogP contribution in [-0.2, 0) is 4.74 Å². The maximum atomic E-state index is 6.08. The van der Waals surface area contributed by atoms with E-state index in [1.54, 1.807) is 0 Å². The van der Waals surface area contributed by atoms with E-state index in [0.29, 0.717) is 6.04 Å². The summed E-state index contributed by atoms with van der Waals surface area (Å²) in [5.74, 6) is 0.902. The van der Waals surface area contributed by atoms with Gasteiger partial charge in [0, 0.05) is 37.9 Å². The molecule has 0 spiro atoms. The van der Waals surface area contributed by atoms with Gasteiger partial charge in [-0.2, -0.15) is 0 Å². The molecule has 2 aliphatic heterocycles. The molecule has 0 radical (unpaired) electrons. The van der Waals surface area contributed by atoms with Gasteiger partial charge in [0.1, 0.15) is 0 Å². The number of nitrogens with two attached hydrogens (primary N) is 1. The first-order valence-electron chi connectivity index (χ1n) is 7.42. The Morgan fingerprint density at radius 3 is 2.41 bits per heavy atom. The number of piperidine rings is 1. The van der Waals surface area contributed by atoms with Crippen LogP contribution in [0, 0.1) is 5.92 Å². The van der Waals surface area contributed by atoms with Gasteiger partial charge in [-0.05, 0) is 50.9 Å². The Kier molecular flexibility index (Phi) is 3.69. The van der Waals surface area contributed by atoms with Gasteiger partial charge in [-0.25, -0.2) is 0 Å². The summed E-state index contributed by atoms with van der Waals surface area (Å²) in [6.07, 6.45) is 9.19. The third kappa shape index (κ3) is 3.01. The molecule has 2 atom stereocenters. The molecule has 3 aliphatic rings. The zero-order chi connectivity index (χ0) is 11.7. The van der Waals surface area contributed by atoms with Crippen molar-refractivity contribution in [1.82, 2.24) is 4.90 Å². The summed E-state index contributed by atoms with van der Waals surface area (Å²) in [6.45, 7) is 3.20. The topological polar surface area (TPSA) is 38.5 Å². The van der Waals surface area contributed by atoms with Crippen LogP contribution in [0.1, 0.15) is 44.9 Å². The quantitative estimate of drug-likeness (QED) is 0.717. The number of hydrogen-bond acceptors (Lipinski definition) is 3. The fourth-order valence-electron chi connectivity index (χ4n) is 3.57. The lowest BCUT2D eigenvalue weighted by molar-refractivity contribution is 0.0863. The van der Waals surface area contributed by atoms with Gasteiger partial charge in [0.05, 0.1) is 0 Å². The Balaban J connectivity index is 1.34. The second-order valence-electron chi connectivity index (χ2n) is 6.23. The minimum atomic E-state index is 0.467. The van der Waals surface area contributed by atoms with Crippen LogP contribution in [0.5, 0.6) is 0 Å². The van der Waals surface area contributed by atoms with Gasteiger partial charge in [0.2, 0.25) is 0 Å². The van der Waals surface area contributed by atoms with Crippen molar-refractivity contribution in [3.63, 3.8) is 0 Å². The second-order valence-corrected chi connectivity index (χ2v) is 6.23. The van der Waals surface area contributed by atoms with Crippen LogP contribution in [0.15, 0.2) is 0 Å². The van der Waals surface area contributed by atoms with Gasteiger partial charge in [-0.3, -0.25) is 4.90 Å². The lowest BCUT2D eigenvalue weighted by atomic mass is 9.98. The molecular weight excluding hydrogens is 212 g/mol. The standard InChI is InChI=1S/C14H26N2O/c15-12-8-13-4-5-14(9-12)16(13)6-1-7-17-10-11-2-3-11/h11-14H,1-10,15H2. The van der Waals surface area contributed by atoms with E-state index in [9.17, 15) is 0 Å². The molecule has 0 aromatic rings. The van der Waals surface area contributed by atoms with Crippen LogP contribution in [0.25, 0.3) is 0 Å². The summed E-state index contributed by atoms with van der Waals surface area (Å²) >= 11 is 0. The van der Waals surface area contributed by atoms with Gasteiger partial charge in [-0.15, -0.1) is 0 Å². The molecule has 3 rings (SSSR count). The highest BCUT2D eigenvalue weighted by Gasteiger charge is 2.38. The number of rotatable bonds is 6. The summed E-state index contributed by atoms with van der Waals surface area (Å²) in [4.78, 5) is 2.71. The molecular formula is C14H26N2O. The summed E-state index contributed by atoms with van der Waals surface area (Å²) < 4.78 is 5.71. The molecule has 2 heterocycles. The molecule has 2 saturated heterocycles. The van der Waals surface area contributed by atoms with Gasteiger partial charge in [0.25, 0.3) is 0 Å². The fourth-order valence-corrected chi connectivity index (χ4v) is 3.57. The molecule has 3 heteroatoms. The van der Waals surface area contributed by atoms with Gasteiger partial charge in [0.15, 0.2) is 0 Å². The largest absolute Gasteiger partial charge is 0.381 e. The van der Waals surface area contributed by atoms with E-state index in [-0.39, 0.29) is 0 Å². The molecule has 3 fully saturated rings. The van der Waals surface area contributed by atoms with Crippen molar-refractivity contribution in [1.29, 1.82) is 0 Å². The predicted octanol–water partition coefficient (Wildman–Crippen LogP) is 1.76. The van der Waals surface area contributed by atoms with E-state index >= 15 is 0 Å². The maximum absolute atomic E-state index is 6.08. The Labute approximate surface area is 105 Å². The first-order chi connectivity index (χ1) is 8.33. The van der Waals surface area contributed by atoms with Crippen molar-refractivity contribution < 1.29 is 4.74 Å².